The van der Waals surface area contributed by atoms with Crippen molar-refractivity contribution < 1.29 is 14.3 Å². The normalized spacial score (nSPS) is 10.5. The summed E-state index contributed by atoms with van der Waals surface area (Å²) in [7, 11) is 0. The number of hydrogen-bond acceptors (Lipinski definition) is 4. The van der Waals surface area contributed by atoms with Crippen LogP contribution < -0.4 is 15.5 Å². The topological polar surface area (TPSA) is 79.8 Å². The summed E-state index contributed by atoms with van der Waals surface area (Å²) in [5.41, 5.74) is 5.46. The van der Waals surface area contributed by atoms with Crippen molar-refractivity contribution in [2.45, 2.75) is 6.92 Å². The molecule has 146 valence electrons. The van der Waals surface area contributed by atoms with Gasteiger partial charge in [-0.05, 0) is 43.3 Å². The molecule has 0 aliphatic carbocycles. The van der Waals surface area contributed by atoms with Crippen LogP contribution in [0.15, 0.2) is 84.0 Å². The van der Waals surface area contributed by atoms with E-state index in [4.69, 9.17) is 4.74 Å². The molecule has 0 heterocycles. The predicted octanol–water partition coefficient (Wildman–Crippen LogP) is 3.78. The van der Waals surface area contributed by atoms with Gasteiger partial charge < -0.3 is 10.1 Å². The van der Waals surface area contributed by atoms with Gasteiger partial charge in [0.1, 0.15) is 5.75 Å². The van der Waals surface area contributed by atoms with Crippen LogP contribution in [0.1, 0.15) is 21.5 Å². The van der Waals surface area contributed by atoms with Crippen molar-refractivity contribution in [1.29, 1.82) is 0 Å². The Kier molecular flexibility index (Phi) is 6.73. The number of hydrazone groups is 1. The Morgan fingerprint density at radius 3 is 2.38 bits per heavy atom. The lowest BCUT2D eigenvalue weighted by Gasteiger charge is -2.09. The van der Waals surface area contributed by atoms with E-state index in [-0.39, 0.29) is 18.4 Å². The minimum Gasteiger partial charge on any atom is -0.483 e. The zero-order valence-electron chi connectivity index (χ0n) is 16.0. The number of nitrogens with one attached hydrogen (secondary N) is 2. The van der Waals surface area contributed by atoms with Gasteiger partial charge in [-0.25, -0.2) is 5.43 Å². The number of carbonyl (C=O) groups is 2. The maximum Gasteiger partial charge on any atom is 0.271 e. The van der Waals surface area contributed by atoms with E-state index >= 15 is 0 Å². The second-order valence-corrected chi connectivity index (χ2v) is 6.31. The zero-order chi connectivity index (χ0) is 20.5. The van der Waals surface area contributed by atoms with Crippen LogP contribution in [-0.4, -0.2) is 24.6 Å². The van der Waals surface area contributed by atoms with E-state index in [1.165, 1.54) is 6.21 Å². The monoisotopic (exact) mass is 387 g/mol. The lowest BCUT2D eigenvalue weighted by molar-refractivity contribution is -0.118. The van der Waals surface area contributed by atoms with Gasteiger partial charge in [-0.15, -0.1) is 0 Å². The van der Waals surface area contributed by atoms with Crippen molar-refractivity contribution in [2.24, 2.45) is 5.10 Å². The van der Waals surface area contributed by atoms with Crippen LogP contribution >= 0.6 is 0 Å². The minimum absolute atomic E-state index is 0.144. The van der Waals surface area contributed by atoms with E-state index in [0.717, 1.165) is 5.56 Å². The largest absolute Gasteiger partial charge is 0.483 e. The van der Waals surface area contributed by atoms with Crippen molar-refractivity contribution in [3.63, 3.8) is 0 Å². The Morgan fingerprint density at radius 1 is 0.931 bits per heavy atom. The molecule has 0 aliphatic heterocycles. The Bertz CT molecular complexity index is 999. The summed E-state index contributed by atoms with van der Waals surface area (Å²) < 4.78 is 5.62. The average molecular weight is 387 g/mol. The van der Waals surface area contributed by atoms with Crippen LogP contribution in [0.5, 0.6) is 5.75 Å². The molecule has 3 rings (SSSR count). The summed E-state index contributed by atoms with van der Waals surface area (Å²) >= 11 is 0. The molecular formula is C23H21N3O3. The number of anilines is 1. The van der Waals surface area contributed by atoms with E-state index in [2.05, 4.69) is 15.8 Å². The van der Waals surface area contributed by atoms with Gasteiger partial charge in [-0.2, -0.15) is 5.10 Å². The molecule has 2 N–H and O–H groups in total. The highest BCUT2D eigenvalue weighted by Crippen LogP contribution is 2.16. The van der Waals surface area contributed by atoms with Gasteiger partial charge in [0.05, 0.1) is 6.21 Å². The predicted molar refractivity (Wildman–Crippen MR) is 113 cm³/mol. The van der Waals surface area contributed by atoms with E-state index in [1.54, 1.807) is 42.5 Å². The first-order valence-electron chi connectivity index (χ1n) is 9.08. The SMILES string of the molecule is Cc1ccc(NC(=O)COc2ccccc2/C=N/NC(=O)c2ccccc2)cc1. The first kappa shape index (κ1) is 19.8. The standard InChI is InChI=1S/C23H21N3O3/c1-17-11-13-20(14-12-17)25-22(27)16-29-21-10-6-5-9-19(21)15-24-26-23(28)18-7-3-2-4-8-18/h2-15H,16H2,1H3,(H,25,27)(H,26,28)/b24-15+. The Morgan fingerprint density at radius 2 is 1.62 bits per heavy atom. The van der Waals surface area contributed by atoms with Gasteiger partial charge in [-0.3, -0.25) is 9.59 Å². The van der Waals surface area contributed by atoms with E-state index < -0.39 is 0 Å². The molecule has 3 aromatic rings. The molecule has 0 atom stereocenters. The zero-order valence-corrected chi connectivity index (χ0v) is 16.0. The quantitative estimate of drug-likeness (QED) is 0.478. The molecule has 0 spiro atoms. The van der Waals surface area contributed by atoms with Gasteiger partial charge in [0.15, 0.2) is 6.61 Å². The summed E-state index contributed by atoms with van der Waals surface area (Å²) in [6, 6.07) is 23.5. The fraction of sp³-hybridized carbons (Fsp3) is 0.0870. The molecule has 2 amide bonds. The summed E-state index contributed by atoms with van der Waals surface area (Å²) in [6.07, 6.45) is 1.48. The lowest BCUT2D eigenvalue weighted by Crippen LogP contribution is -2.20. The van der Waals surface area contributed by atoms with Crippen LogP contribution in [0.3, 0.4) is 0 Å². The van der Waals surface area contributed by atoms with E-state index in [9.17, 15) is 9.59 Å². The number of benzene rings is 3. The Balaban J connectivity index is 1.56. The fourth-order valence-electron chi connectivity index (χ4n) is 2.51. The first-order chi connectivity index (χ1) is 14.1. The van der Waals surface area contributed by atoms with Crippen molar-refractivity contribution in [1.82, 2.24) is 5.43 Å². The number of aryl methyl sites for hydroxylation is 1. The highest BCUT2D eigenvalue weighted by atomic mass is 16.5. The molecule has 0 fully saturated rings. The molecule has 0 radical (unpaired) electrons. The third-order valence-electron chi connectivity index (χ3n) is 4.02. The van der Waals surface area contributed by atoms with Crippen molar-refractivity contribution >= 4 is 23.7 Å². The van der Waals surface area contributed by atoms with Gasteiger partial charge in [0, 0.05) is 16.8 Å². The molecule has 29 heavy (non-hydrogen) atoms. The molecule has 0 saturated carbocycles. The van der Waals surface area contributed by atoms with Gasteiger partial charge in [-0.1, -0.05) is 48.0 Å². The molecule has 0 bridgehead atoms. The number of nitrogens with zero attached hydrogens (tertiary/aromatic N) is 1. The average Bonchev–Trinajstić information content (AvgIpc) is 2.75. The number of rotatable bonds is 7. The Hall–Kier alpha value is -3.93. The van der Waals surface area contributed by atoms with Crippen LogP contribution in [0.4, 0.5) is 5.69 Å². The number of para-hydroxylation sites is 1. The minimum atomic E-state index is -0.308. The smallest absolute Gasteiger partial charge is 0.271 e. The fourth-order valence-corrected chi connectivity index (χ4v) is 2.51. The first-order valence-corrected chi connectivity index (χ1v) is 9.08. The van der Waals surface area contributed by atoms with Gasteiger partial charge >= 0.3 is 0 Å². The summed E-state index contributed by atoms with van der Waals surface area (Å²) in [6.45, 7) is 1.84. The third-order valence-corrected chi connectivity index (χ3v) is 4.02. The summed E-state index contributed by atoms with van der Waals surface area (Å²) in [5, 5.41) is 6.76. The number of ether oxygens (including phenoxy) is 1. The van der Waals surface area contributed by atoms with Crippen LogP contribution in [0.25, 0.3) is 0 Å². The molecule has 6 heteroatoms. The van der Waals surface area contributed by atoms with Crippen LogP contribution in [-0.2, 0) is 4.79 Å². The molecular weight excluding hydrogens is 366 g/mol. The van der Waals surface area contributed by atoms with Gasteiger partial charge in [0.25, 0.3) is 11.8 Å². The molecule has 0 unspecified atom stereocenters. The molecule has 3 aromatic carbocycles. The van der Waals surface area contributed by atoms with Crippen molar-refractivity contribution in [3.05, 3.63) is 95.6 Å². The molecule has 6 nitrogen and oxygen atoms in total. The number of hydrogen-bond donors (Lipinski definition) is 2. The third kappa shape index (κ3) is 6.04. The maximum atomic E-state index is 12.1. The second kappa shape index (κ2) is 9.85. The van der Waals surface area contributed by atoms with Gasteiger partial charge in [0.2, 0.25) is 0 Å². The van der Waals surface area contributed by atoms with E-state index in [0.29, 0.717) is 22.6 Å². The van der Waals surface area contributed by atoms with Crippen molar-refractivity contribution in [2.75, 3.05) is 11.9 Å². The highest BCUT2D eigenvalue weighted by molar-refractivity contribution is 5.95. The number of carbonyl (C=O) groups excluding carboxylic acids is 2. The number of amides is 2. The maximum absolute atomic E-state index is 12.1. The molecule has 0 saturated heterocycles. The van der Waals surface area contributed by atoms with E-state index in [1.807, 2.05) is 43.3 Å². The molecule has 0 aliphatic rings. The van der Waals surface area contributed by atoms with Crippen LogP contribution in [0, 0.1) is 6.92 Å². The summed E-state index contributed by atoms with van der Waals surface area (Å²) in [4.78, 5) is 24.1. The van der Waals surface area contributed by atoms with Crippen molar-refractivity contribution in [3.8, 4) is 5.75 Å². The highest BCUT2D eigenvalue weighted by Gasteiger charge is 2.07. The Labute approximate surface area is 169 Å². The lowest BCUT2D eigenvalue weighted by atomic mass is 10.2. The second-order valence-electron chi connectivity index (χ2n) is 6.31. The molecule has 0 aromatic heterocycles. The van der Waals surface area contributed by atoms with Crippen LogP contribution in [0.2, 0.25) is 0 Å². The summed E-state index contributed by atoms with van der Waals surface area (Å²) in [5.74, 6) is -0.0834.